The van der Waals surface area contributed by atoms with E-state index in [1.165, 1.54) is 9.13 Å². The van der Waals surface area contributed by atoms with Crippen molar-refractivity contribution in [3.8, 4) is 11.4 Å². The molecule has 4 aromatic rings. The minimum atomic E-state index is -0.650. The summed E-state index contributed by atoms with van der Waals surface area (Å²) in [5.41, 5.74) is 7.00. The second-order valence-corrected chi connectivity index (χ2v) is 8.37. The van der Waals surface area contributed by atoms with Crippen LogP contribution in [0, 0.1) is 5.92 Å². The molecule has 1 fully saturated rings. The number of aromatic nitrogens is 3. The van der Waals surface area contributed by atoms with E-state index >= 15 is 0 Å². The summed E-state index contributed by atoms with van der Waals surface area (Å²) < 4.78 is 13.4. The van der Waals surface area contributed by atoms with E-state index in [1.54, 1.807) is 68.9 Å². The molecule has 1 aromatic carbocycles. The summed E-state index contributed by atoms with van der Waals surface area (Å²) in [4.78, 5) is 44.0. The molecule has 1 saturated heterocycles. The molecule has 1 aliphatic rings. The number of benzene rings is 1. The number of carbonyl (C=O) groups excluding carboxylic acids is 1. The number of hydrazine groups is 1. The Labute approximate surface area is 200 Å². The van der Waals surface area contributed by atoms with Gasteiger partial charge in [-0.25, -0.2) is 10.4 Å². The molecule has 10 heteroatoms. The third-order valence-corrected chi connectivity index (χ3v) is 6.32. The van der Waals surface area contributed by atoms with Crippen LogP contribution in [0.1, 0.15) is 20.0 Å². The molecule has 4 heterocycles. The predicted molar refractivity (Wildman–Crippen MR) is 131 cm³/mol. The molecular weight excluding hydrogens is 450 g/mol. The van der Waals surface area contributed by atoms with E-state index in [0.717, 1.165) is 0 Å². The van der Waals surface area contributed by atoms with E-state index in [0.29, 0.717) is 27.9 Å². The van der Waals surface area contributed by atoms with Crippen molar-refractivity contribution in [2.24, 2.45) is 5.92 Å². The molecule has 3 atom stereocenters. The molecule has 3 unspecified atom stereocenters. The lowest BCUT2D eigenvalue weighted by Crippen LogP contribution is -2.38. The summed E-state index contributed by atoms with van der Waals surface area (Å²) in [6.45, 7) is 3.83. The van der Waals surface area contributed by atoms with E-state index in [1.807, 2.05) is 6.92 Å². The molecule has 5 rings (SSSR count). The Hall–Kier alpha value is -4.02. The van der Waals surface area contributed by atoms with Crippen LogP contribution in [0.25, 0.3) is 27.5 Å². The minimum Gasteiger partial charge on any atom is -0.497 e. The summed E-state index contributed by atoms with van der Waals surface area (Å²) >= 11 is 0. The van der Waals surface area contributed by atoms with Gasteiger partial charge in [0.05, 0.1) is 35.5 Å². The standard InChI is InChI=1S/C25H25N5O5/c1-4-35-25(33)21-14(2)27-28-22(21)30-12-10-20-18(24(30)32)13-17-19(26-20)9-11-29(23(17)31)15-5-7-16(34-3)8-6-15/h5-14,21-22,27-28H,4H2,1-3H3. The molecule has 0 amide bonds. The molecule has 10 nitrogen and oxygen atoms in total. The van der Waals surface area contributed by atoms with Crippen molar-refractivity contribution in [3.05, 3.63) is 75.6 Å². The van der Waals surface area contributed by atoms with Gasteiger partial charge in [0.25, 0.3) is 11.1 Å². The summed E-state index contributed by atoms with van der Waals surface area (Å²) in [7, 11) is 1.58. The number of fused-ring (bicyclic) bond motifs is 2. The van der Waals surface area contributed by atoms with E-state index < -0.39 is 18.1 Å². The van der Waals surface area contributed by atoms with Gasteiger partial charge in [0.15, 0.2) is 0 Å². The Morgan fingerprint density at radius 2 is 1.69 bits per heavy atom. The molecule has 3 aromatic heterocycles. The van der Waals surface area contributed by atoms with Gasteiger partial charge in [-0.15, -0.1) is 0 Å². The van der Waals surface area contributed by atoms with Crippen molar-refractivity contribution < 1.29 is 14.3 Å². The van der Waals surface area contributed by atoms with E-state index in [2.05, 4.69) is 15.8 Å². The van der Waals surface area contributed by atoms with Crippen LogP contribution in [0.5, 0.6) is 5.75 Å². The fraction of sp³-hybridized carbons (Fsp3) is 0.280. The number of carbonyl (C=O) groups is 1. The van der Waals surface area contributed by atoms with Crippen LogP contribution in [0.2, 0.25) is 0 Å². The molecule has 0 saturated carbocycles. The molecular formula is C25H25N5O5. The van der Waals surface area contributed by atoms with E-state index in [-0.39, 0.29) is 29.2 Å². The van der Waals surface area contributed by atoms with Crippen molar-refractivity contribution in [3.63, 3.8) is 0 Å². The van der Waals surface area contributed by atoms with Gasteiger partial charge in [-0.05, 0) is 56.3 Å². The number of nitrogens with one attached hydrogen (secondary N) is 2. The Morgan fingerprint density at radius 3 is 2.37 bits per heavy atom. The maximum Gasteiger partial charge on any atom is 0.314 e. The molecule has 0 spiro atoms. The average molecular weight is 476 g/mol. The number of hydrogen-bond acceptors (Lipinski definition) is 8. The van der Waals surface area contributed by atoms with Gasteiger partial charge >= 0.3 is 5.97 Å². The van der Waals surface area contributed by atoms with Crippen molar-refractivity contribution in [1.29, 1.82) is 0 Å². The van der Waals surface area contributed by atoms with Gasteiger partial charge in [-0.1, -0.05) is 0 Å². The second-order valence-electron chi connectivity index (χ2n) is 8.37. The first-order valence-corrected chi connectivity index (χ1v) is 11.3. The first kappa shape index (κ1) is 22.8. The van der Waals surface area contributed by atoms with Crippen LogP contribution in [0.4, 0.5) is 0 Å². The van der Waals surface area contributed by atoms with Crippen LogP contribution in [0.3, 0.4) is 0 Å². The quantitative estimate of drug-likeness (QED) is 0.332. The van der Waals surface area contributed by atoms with Crippen molar-refractivity contribution >= 4 is 27.8 Å². The van der Waals surface area contributed by atoms with Crippen molar-refractivity contribution in [1.82, 2.24) is 25.0 Å². The molecule has 180 valence electrons. The third-order valence-electron chi connectivity index (χ3n) is 6.32. The van der Waals surface area contributed by atoms with Crippen LogP contribution >= 0.6 is 0 Å². The number of esters is 1. The van der Waals surface area contributed by atoms with Gasteiger partial charge in [0.2, 0.25) is 0 Å². The summed E-state index contributed by atoms with van der Waals surface area (Å²) in [5, 5.41) is 0.604. The lowest BCUT2D eigenvalue weighted by molar-refractivity contribution is -0.149. The predicted octanol–water partition coefficient (Wildman–Crippen LogP) is 1.88. The highest BCUT2D eigenvalue weighted by atomic mass is 16.5. The maximum absolute atomic E-state index is 13.5. The van der Waals surface area contributed by atoms with E-state index in [4.69, 9.17) is 9.47 Å². The lowest BCUT2D eigenvalue weighted by Gasteiger charge is -2.21. The number of hydrogen-bond donors (Lipinski definition) is 2. The third kappa shape index (κ3) is 3.86. The van der Waals surface area contributed by atoms with Gasteiger partial charge in [-0.2, -0.15) is 0 Å². The zero-order chi connectivity index (χ0) is 24.7. The SMILES string of the molecule is CCOC(=O)C1C(C)NNC1n1ccc2nc3ccn(-c4ccc(OC)cc4)c(=O)c3cc2c1=O. The molecule has 0 bridgehead atoms. The normalized spacial score (nSPS) is 19.8. The fourth-order valence-electron chi connectivity index (χ4n) is 4.49. The lowest BCUT2D eigenvalue weighted by atomic mass is 10.00. The van der Waals surface area contributed by atoms with Gasteiger partial charge in [0.1, 0.15) is 17.8 Å². The largest absolute Gasteiger partial charge is 0.497 e. The van der Waals surface area contributed by atoms with Gasteiger partial charge in [-0.3, -0.25) is 28.9 Å². The molecule has 0 aliphatic carbocycles. The Bertz CT molecular complexity index is 1540. The number of pyridine rings is 3. The van der Waals surface area contributed by atoms with Crippen LogP contribution in [0.15, 0.2) is 64.4 Å². The smallest absolute Gasteiger partial charge is 0.314 e. The highest BCUT2D eigenvalue weighted by molar-refractivity contribution is 5.91. The monoisotopic (exact) mass is 475 g/mol. The van der Waals surface area contributed by atoms with Crippen molar-refractivity contribution in [2.45, 2.75) is 26.1 Å². The first-order chi connectivity index (χ1) is 16.9. The topological polar surface area (TPSA) is 116 Å². The summed E-state index contributed by atoms with van der Waals surface area (Å²) in [5.74, 6) is -0.319. The Kier molecular flexibility index (Phi) is 5.83. The first-order valence-electron chi connectivity index (χ1n) is 11.3. The molecule has 2 N–H and O–H groups in total. The van der Waals surface area contributed by atoms with E-state index in [9.17, 15) is 14.4 Å². The number of rotatable bonds is 5. The summed E-state index contributed by atoms with van der Waals surface area (Å²) in [6, 6.07) is 11.9. The zero-order valence-corrected chi connectivity index (χ0v) is 19.5. The maximum atomic E-state index is 13.5. The van der Waals surface area contributed by atoms with Gasteiger partial charge in [0, 0.05) is 24.1 Å². The molecule has 35 heavy (non-hydrogen) atoms. The zero-order valence-electron chi connectivity index (χ0n) is 19.5. The second kappa shape index (κ2) is 8.97. The minimum absolute atomic E-state index is 0.243. The Morgan fingerprint density at radius 1 is 1.00 bits per heavy atom. The fourth-order valence-corrected chi connectivity index (χ4v) is 4.49. The molecule has 1 aliphatic heterocycles. The van der Waals surface area contributed by atoms with Crippen LogP contribution in [-0.4, -0.2) is 39.8 Å². The number of methoxy groups -OCH3 is 1. The van der Waals surface area contributed by atoms with Crippen LogP contribution < -0.4 is 26.7 Å². The number of nitrogens with zero attached hydrogens (tertiary/aromatic N) is 3. The molecule has 0 radical (unpaired) electrons. The Balaban J connectivity index is 1.63. The number of ether oxygens (including phenoxy) is 2. The highest BCUT2D eigenvalue weighted by Crippen LogP contribution is 2.25. The summed E-state index contributed by atoms with van der Waals surface area (Å²) in [6.07, 6.45) is 2.61. The average Bonchev–Trinajstić information content (AvgIpc) is 3.25. The van der Waals surface area contributed by atoms with Gasteiger partial charge < -0.3 is 9.47 Å². The van der Waals surface area contributed by atoms with Crippen molar-refractivity contribution in [2.75, 3.05) is 13.7 Å². The van der Waals surface area contributed by atoms with Crippen LogP contribution in [-0.2, 0) is 9.53 Å². The highest BCUT2D eigenvalue weighted by Gasteiger charge is 2.41.